The molecule has 3 amide bonds. The Morgan fingerprint density at radius 2 is 1.71 bits per heavy atom. The largest absolute Gasteiger partial charge is 0.325 e. The molecule has 1 atom stereocenters. The Kier molecular flexibility index (Phi) is 6.67. The average molecular weight is 448 g/mol. The molecule has 0 radical (unpaired) electrons. The van der Waals surface area contributed by atoms with Gasteiger partial charge in [-0.25, -0.2) is 9.18 Å². The van der Waals surface area contributed by atoms with E-state index in [1.807, 2.05) is 31.2 Å². The van der Waals surface area contributed by atoms with E-state index in [0.29, 0.717) is 18.8 Å². The first kappa shape index (κ1) is 20.3. The number of nitrogens with one attached hydrogen (secondary N) is 2. The first-order valence-electron chi connectivity index (χ1n) is 9.31. The van der Waals surface area contributed by atoms with Gasteiger partial charge in [0.2, 0.25) is 5.91 Å². The third-order valence-corrected chi connectivity index (χ3v) is 5.87. The van der Waals surface area contributed by atoms with Gasteiger partial charge in [0.15, 0.2) is 0 Å². The lowest BCUT2D eigenvalue weighted by Gasteiger charge is -2.34. The van der Waals surface area contributed by atoms with Crippen molar-refractivity contribution in [2.24, 2.45) is 11.8 Å². The molecule has 0 spiro atoms. The molecule has 28 heavy (non-hydrogen) atoms. The molecule has 0 bridgehead atoms. The number of carbonyl (C=O) groups excluding carboxylic acids is 2. The van der Waals surface area contributed by atoms with E-state index in [-0.39, 0.29) is 29.6 Å². The van der Waals surface area contributed by atoms with E-state index in [0.717, 1.165) is 23.0 Å². The van der Waals surface area contributed by atoms with Crippen LogP contribution in [0.15, 0.2) is 53.0 Å². The number of likely N-dealkylation sites (tertiary alicyclic amines) is 1. The van der Waals surface area contributed by atoms with Gasteiger partial charge in [-0.05, 0) is 71.1 Å². The van der Waals surface area contributed by atoms with Crippen LogP contribution in [0.1, 0.15) is 19.8 Å². The second kappa shape index (κ2) is 9.19. The van der Waals surface area contributed by atoms with Gasteiger partial charge in [0, 0.05) is 29.2 Å². The van der Waals surface area contributed by atoms with Gasteiger partial charge < -0.3 is 15.5 Å². The quantitative estimate of drug-likeness (QED) is 0.683. The van der Waals surface area contributed by atoms with E-state index in [2.05, 4.69) is 26.6 Å². The number of halogens is 2. The van der Waals surface area contributed by atoms with Crippen molar-refractivity contribution in [3.8, 4) is 0 Å². The van der Waals surface area contributed by atoms with Gasteiger partial charge in [0.1, 0.15) is 5.82 Å². The van der Waals surface area contributed by atoms with E-state index in [1.54, 1.807) is 4.90 Å². The predicted molar refractivity (Wildman–Crippen MR) is 112 cm³/mol. The van der Waals surface area contributed by atoms with Crippen molar-refractivity contribution in [1.82, 2.24) is 4.90 Å². The normalized spacial score (nSPS) is 15.8. The fourth-order valence-electron chi connectivity index (χ4n) is 3.36. The summed E-state index contributed by atoms with van der Waals surface area (Å²) in [5.41, 5.74) is 1.32. The van der Waals surface area contributed by atoms with Gasteiger partial charge in [-0.1, -0.05) is 19.1 Å². The third kappa shape index (κ3) is 5.10. The first-order valence-corrected chi connectivity index (χ1v) is 10.1. The number of hydrogen-bond donors (Lipinski definition) is 2. The van der Waals surface area contributed by atoms with Crippen LogP contribution in [0.5, 0.6) is 0 Å². The third-order valence-electron chi connectivity index (χ3n) is 5.17. The lowest BCUT2D eigenvalue weighted by Crippen LogP contribution is -2.43. The van der Waals surface area contributed by atoms with Gasteiger partial charge >= 0.3 is 6.03 Å². The minimum atomic E-state index is -0.339. The number of hydrogen-bond acceptors (Lipinski definition) is 2. The van der Waals surface area contributed by atoms with Crippen LogP contribution in [0.3, 0.4) is 0 Å². The number of amides is 3. The minimum absolute atomic E-state index is 0.0129. The molecule has 2 aromatic rings. The molecule has 3 rings (SSSR count). The monoisotopic (exact) mass is 447 g/mol. The molecule has 148 valence electrons. The van der Waals surface area contributed by atoms with E-state index < -0.39 is 0 Å². The molecule has 7 heteroatoms. The lowest BCUT2D eigenvalue weighted by molar-refractivity contribution is -0.121. The summed E-state index contributed by atoms with van der Waals surface area (Å²) in [7, 11) is 0. The summed E-state index contributed by atoms with van der Waals surface area (Å²) >= 11 is 3.44. The Hall–Kier alpha value is -2.41. The van der Waals surface area contributed by atoms with Crippen molar-refractivity contribution in [3.05, 3.63) is 58.8 Å². The van der Waals surface area contributed by atoms with Crippen molar-refractivity contribution in [3.63, 3.8) is 0 Å². The summed E-state index contributed by atoms with van der Waals surface area (Å²) in [6.45, 7) is 3.11. The molecule has 2 aromatic carbocycles. The summed E-state index contributed by atoms with van der Waals surface area (Å²) in [6, 6.07) is 13.0. The zero-order chi connectivity index (χ0) is 20.1. The van der Waals surface area contributed by atoms with Crippen LogP contribution in [-0.4, -0.2) is 29.9 Å². The molecular weight excluding hydrogens is 425 g/mol. The van der Waals surface area contributed by atoms with E-state index in [4.69, 9.17) is 0 Å². The Balaban J connectivity index is 1.50. The van der Waals surface area contributed by atoms with Gasteiger partial charge in [-0.2, -0.15) is 0 Å². The Labute approximate surface area is 172 Å². The fraction of sp³-hybridized carbons (Fsp3) is 0.333. The van der Waals surface area contributed by atoms with Crippen LogP contribution in [0.4, 0.5) is 20.6 Å². The van der Waals surface area contributed by atoms with Crippen molar-refractivity contribution in [2.75, 3.05) is 23.7 Å². The second-order valence-corrected chi connectivity index (χ2v) is 7.87. The molecule has 1 aliphatic heterocycles. The van der Waals surface area contributed by atoms with Crippen LogP contribution in [-0.2, 0) is 4.79 Å². The van der Waals surface area contributed by atoms with Gasteiger partial charge in [-0.3, -0.25) is 4.79 Å². The summed E-state index contributed by atoms with van der Waals surface area (Å²) in [4.78, 5) is 26.7. The van der Waals surface area contributed by atoms with Crippen LogP contribution in [0.2, 0.25) is 0 Å². The lowest BCUT2D eigenvalue weighted by atomic mass is 9.85. The number of benzene rings is 2. The highest BCUT2D eigenvalue weighted by atomic mass is 79.9. The smallest absolute Gasteiger partial charge is 0.321 e. The number of para-hydroxylation sites is 1. The Bertz CT molecular complexity index is 836. The van der Waals surface area contributed by atoms with Crippen LogP contribution in [0, 0.1) is 17.7 Å². The highest BCUT2D eigenvalue weighted by Crippen LogP contribution is 2.28. The summed E-state index contributed by atoms with van der Waals surface area (Å²) in [6.07, 6.45) is 1.53. The first-order chi connectivity index (χ1) is 13.4. The zero-order valence-electron chi connectivity index (χ0n) is 15.6. The van der Waals surface area contributed by atoms with Gasteiger partial charge in [0.25, 0.3) is 0 Å². The van der Waals surface area contributed by atoms with Crippen molar-refractivity contribution in [1.29, 1.82) is 0 Å². The molecule has 0 unspecified atom stereocenters. The predicted octanol–water partition coefficient (Wildman–Crippen LogP) is 5.11. The molecule has 1 fully saturated rings. The molecule has 5 nitrogen and oxygen atoms in total. The minimum Gasteiger partial charge on any atom is -0.325 e. The maximum atomic E-state index is 13.0. The maximum Gasteiger partial charge on any atom is 0.321 e. The number of nitrogens with zero attached hydrogens (tertiary/aromatic N) is 1. The number of rotatable bonds is 4. The van der Waals surface area contributed by atoms with Crippen molar-refractivity contribution >= 4 is 39.2 Å². The molecule has 0 aromatic heterocycles. The van der Waals surface area contributed by atoms with Crippen molar-refractivity contribution < 1.29 is 14.0 Å². The van der Waals surface area contributed by atoms with Crippen LogP contribution < -0.4 is 10.6 Å². The summed E-state index contributed by atoms with van der Waals surface area (Å²) in [5.74, 6) is -0.276. The molecule has 1 aliphatic rings. The molecule has 0 saturated carbocycles. The fourth-order valence-corrected chi connectivity index (χ4v) is 3.75. The van der Waals surface area contributed by atoms with Crippen molar-refractivity contribution in [2.45, 2.75) is 19.8 Å². The number of piperidine rings is 1. The Morgan fingerprint density at radius 1 is 1.07 bits per heavy atom. The second-order valence-electron chi connectivity index (χ2n) is 7.02. The molecule has 1 heterocycles. The highest BCUT2D eigenvalue weighted by molar-refractivity contribution is 9.10. The number of anilines is 2. The molecule has 0 aliphatic carbocycles. The van der Waals surface area contributed by atoms with Crippen LogP contribution in [0.25, 0.3) is 0 Å². The van der Waals surface area contributed by atoms with Gasteiger partial charge in [-0.15, -0.1) is 0 Å². The maximum absolute atomic E-state index is 13.0. The van der Waals surface area contributed by atoms with Crippen LogP contribution >= 0.6 is 15.9 Å². The van der Waals surface area contributed by atoms with Gasteiger partial charge in [0.05, 0.1) is 5.69 Å². The molecular formula is C21H23BrFN3O2. The topological polar surface area (TPSA) is 61.4 Å². The molecule has 1 saturated heterocycles. The standard InChI is InChI=1S/C21H23BrFN3O2/c1-14(20(27)25-19-5-3-2-4-18(19)22)15-10-12-26(13-11-15)21(28)24-17-8-6-16(23)7-9-17/h2-9,14-15H,10-13H2,1H3,(H,24,28)(H,25,27)/t14-/m0/s1. The highest BCUT2D eigenvalue weighted by Gasteiger charge is 2.30. The Morgan fingerprint density at radius 3 is 2.36 bits per heavy atom. The number of carbonyl (C=O) groups is 2. The molecule has 2 N–H and O–H groups in total. The number of urea groups is 1. The van der Waals surface area contributed by atoms with E-state index in [1.165, 1.54) is 24.3 Å². The SMILES string of the molecule is C[C@H](C(=O)Nc1ccccc1Br)C1CCN(C(=O)Nc2ccc(F)cc2)CC1. The van der Waals surface area contributed by atoms with E-state index >= 15 is 0 Å². The summed E-state index contributed by atoms with van der Waals surface area (Å²) < 4.78 is 13.8. The van der Waals surface area contributed by atoms with E-state index in [9.17, 15) is 14.0 Å². The summed E-state index contributed by atoms with van der Waals surface area (Å²) in [5, 5.41) is 5.75. The zero-order valence-corrected chi connectivity index (χ0v) is 17.2. The average Bonchev–Trinajstić information content (AvgIpc) is 2.71.